The van der Waals surface area contributed by atoms with Crippen molar-refractivity contribution in [1.29, 1.82) is 0 Å². The lowest BCUT2D eigenvalue weighted by atomic mass is 10.1. The molecule has 10 heteroatoms. The number of nitrogens with one attached hydrogen (secondary N) is 1. The fraction of sp³-hybridized carbons (Fsp3) is 0.280. The van der Waals surface area contributed by atoms with Gasteiger partial charge in [0.05, 0.1) is 33.9 Å². The topological polar surface area (TPSA) is 93.8 Å². The van der Waals surface area contributed by atoms with Gasteiger partial charge in [-0.2, -0.15) is 0 Å². The van der Waals surface area contributed by atoms with Gasteiger partial charge >= 0.3 is 0 Å². The number of alkyl halides is 1. The lowest BCUT2D eigenvalue weighted by molar-refractivity contribution is 0.466. The van der Waals surface area contributed by atoms with Gasteiger partial charge in [-0.25, -0.2) is 13.8 Å². The summed E-state index contributed by atoms with van der Waals surface area (Å²) in [6.45, 7) is 5.66. The van der Waals surface area contributed by atoms with Crippen molar-refractivity contribution in [3.05, 3.63) is 65.7 Å². The highest BCUT2D eigenvalue weighted by Gasteiger charge is 2.18. The summed E-state index contributed by atoms with van der Waals surface area (Å²) >= 11 is 0. The summed E-state index contributed by atoms with van der Waals surface area (Å²) in [5.41, 5.74) is 3.19. The minimum Gasteiger partial charge on any atom is -0.414 e. The number of rotatable bonds is 9. The van der Waals surface area contributed by atoms with E-state index in [1.165, 1.54) is 6.07 Å². The van der Waals surface area contributed by atoms with Crippen LogP contribution >= 0.6 is 0 Å². The largest absolute Gasteiger partial charge is 0.414 e. The van der Waals surface area contributed by atoms with Gasteiger partial charge in [0.25, 0.3) is 11.8 Å². The molecule has 0 fully saturated rings. The van der Waals surface area contributed by atoms with Crippen LogP contribution in [0, 0.1) is 12.7 Å². The molecule has 1 N–H and O–H groups in total. The molecule has 0 bridgehead atoms. The lowest BCUT2D eigenvalue weighted by Gasteiger charge is -2.08. The first-order valence-corrected chi connectivity index (χ1v) is 12.3. The highest BCUT2D eigenvalue weighted by Crippen LogP contribution is 2.28. The number of hydrogen-bond donors (Lipinski definition) is 1. The molecule has 182 valence electrons. The maximum absolute atomic E-state index is 14.7. The predicted octanol–water partition coefficient (Wildman–Crippen LogP) is 4.88. The van der Waals surface area contributed by atoms with Crippen LogP contribution in [0.25, 0.3) is 34.3 Å². The quantitative estimate of drug-likeness (QED) is 0.329. The van der Waals surface area contributed by atoms with Crippen LogP contribution < -0.4 is 5.32 Å². The monoisotopic (exact) mass is 497 g/mol. The lowest BCUT2D eigenvalue weighted by Crippen LogP contribution is -2.16. The summed E-state index contributed by atoms with van der Waals surface area (Å²) in [5.74, 6) is -0.375. The number of aromatic nitrogens is 4. The Morgan fingerprint density at radius 2 is 1.83 bits per heavy atom. The SMILES string of the molecule is Cc1ncc(-c2ccc(S(=O)C(C)C)cc2)nc1-c1nnc(-c2ccc(CNCCF)cc2F)o1. The molecule has 2 heterocycles. The Morgan fingerprint density at radius 1 is 1.09 bits per heavy atom. The molecule has 0 amide bonds. The molecule has 0 saturated carbocycles. The zero-order valence-electron chi connectivity index (χ0n) is 19.6. The van der Waals surface area contributed by atoms with Gasteiger partial charge in [-0.3, -0.25) is 9.19 Å². The van der Waals surface area contributed by atoms with E-state index in [9.17, 15) is 13.0 Å². The summed E-state index contributed by atoms with van der Waals surface area (Å²) < 4.78 is 45.0. The summed E-state index contributed by atoms with van der Waals surface area (Å²) in [5, 5.41) is 11.0. The van der Waals surface area contributed by atoms with Gasteiger partial charge in [0.15, 0.2) is 0 Å². The van der Waals surface area contributed by atoms with Crippen LogP contribution in [0.5, 0.6) is 0 Å². The summed E-state index contributed by atoms with van der Waals surface area (Å²) in [4.78, 5) is 9.79. The van der Waals surface area contributed by atoms with Crippen LogP contribution in [0.2, 0.25) is 0 Å². The summed E-state index contributed by atoms with van der Waals surface area (Å²) in [6, 6.07) is 11.9. The van der Waals surface area contributed by atoms with E-state index < -0.39 is 23.3 Å². The van der Waals surface area contributed by atoms with E-state index in [2.05, 4.69) is 25.5 Å². The minimum absolute atomic E-state index is 0.0212. The Kier molecular flexibility index (Phi) is 7.72. The van der Waals surface area contributed by atoms with Gasteiger partial charge in [-0.1, -0.05) is 32.0 Å². The molecule has 1 unspecified atom stereocenters. The summed E-state index contributed by atoms with van der Waals surface area (Å²) in [7, 11) is -1.08. The van der Waals surface area contributed by atoms with Gasteiger partial charge in [-0.15, -0.1) is 10.2 Å². The van der Waals surface area contributed by atoms with Crippen LogP contribution in [0.4, 0.5) is 8.78 Å². The standard InChI is InChI=1S/C25H25F2N5O2S/c1-15(2)35(33)19-7-5-18(6-8-19)22-14-29-16(3)23(30-22)25-32-31-24(34-25)20-9-4-17(12-21(20)27)13-28-11-10-26/h4-9,12,14-15,28H,10-11,13H2,1-3H3. The molecule has 4 aromatic rings. The molecule has 1 atom stereocenters. The van der Waals surface area contributed by atoms with Crippen LogP contribution in [-0.4, -0.2) is 42.8 Å². The third kappa shape index (κ3) is 5.66. The Hall–Kier alpha value is -3.37. The third-order valence-corrected chi connectivity index (χ3v) is 6.85. The van der Waals surface area contributed by atoms with E-state index in [-0.39, 0.29) is 29.1 Å². The minimum atomic E-state index is -1.08. The number of aryl methyl sites for hydroxylation is 1. The Bertz CT molecular complexity index is 1340. The number of benzene rings is 2. The van der Waals surface area contributed by atoms with E-state index in [4.69, 9.17) is 4.42 Å². The molecule has 0 aliphatic rings. The van der Waals surface area contributed by atoms with Gasteiger partial charge < -0.3 is 9.73 Å². The van der Waals surface area contributed by atoms with Crippen LogP contribution in [0.1, 0.15) is 25.1 Å². The van der Waals surface area contributed by atoms with Crippen molar-refractivity contribution in [1.82, 2.24) is 25.5 Å². The van der Waals surface area contributed by atoms with Gasteiger partial charge in [0.2, 0.25) is 0 Å². The van der Waals surface area contributed by atoms with Crippen molar-refractivity contribution >= 4 is 10.8 Å². The molecule has 0 saturated heterocycles. The van der Waals surface area contributed by atoms with Crippen molar-refractivity contribution in [3.63, 3.8) is 0 Å². The van der Waals surface area contributed by atoms with E-state index in [0.717, 1.165) is 10.5 Å². The van der Waals surface area contributed by atoms with E-state index in [1.54, 1.807) is 25.3 Å². The van der Waals surface area contributed by atoms with E-state index in [1.807, 2.05) is 38.1 Å². The highest BCUT2D eigenvalue weighted by molar-refractivity contribution is 7.85. The fourth-order valence-corrected chi connectivity index (χ4v) is 4.34. The second kappa shape index (κ2) is 10.9. The first kappa shape index (κ1) is 24.7. The van der Waals surface area contributed by atoms with E-state index in [0.29, 0.717) is 29.2 Å². The van der Waals surface area contributed by atoms with Crippen LogP contribution in [0.3, 0.4) is 0 Å². The number of nitrogens with zero attached hydrogens (tertiary/aromatic N) is 4. The normalized spacial score (nSPS) is 12.3. The molecular weight excluding hydrogens is 472 g/mol. The predicted molar refractivity (Wildman–Crippen MR) is 130 cm³/mol. The molecule has 0 aliphatic carbocycles. The fourth-order valence-electron chi connectivity index (χ4n) is 3.39. The van der Waals surface area contributed by atoms with Crippen molar-refractivity contribution in [2.75, 3.05) is 13.2 Å². The zero-order chi connectivity index (χ0) is 24.9. The molecular formula is C25H25F2N5O2S. The first-order valence-electron chi connectivity index (χ1n) is 11.1. The molecule has 4 rings (SSSR count). The Balaban J connectivity index is 1.59. The molecule has 35 heavy (non-hydrogen) atoms. The summed E-state index contributed by atoms with van der Waals surface area (Å²) in [6.07, 6.45) is 1.64. The highest BCUT2D eigenvalue weighted by atomic mass is 32.2. The Labute approximate surface area is 204 Å². The van der Waals surface area contributed by atoms with Crippen molar-refractivity contribution in [2.24, 2.45) is 0 Å². The van der Waals surface area contributed by atoms with Gasteiger partial charge in [0, 0.05) is 28.8 Å². The first-order chi connectivity index (χ1) is 16.9. The third-order valence-electron chi connectivity index (χ3n) is 5.26. The molecule has 0 radical (unpaired) electrons. The van der Waals surface area contributed by atoms with Gasteiger partial charge in [-0.05, 0) is 36.8 Å². The number of halogens is 2. The average molecular weight is 498 g/mol. The average Bonchev–Trinajstić information content (AvgIpc) is 3.34. The second-order valence-corrected chi connectivity index (χ2v) is 10.2. The molecule has 2 aromatic heterocycles. The smallest absolute Gasteiger partial charge is 0.268 e. The molecule has 7 nitrogen and oxygen atoms in total. The van der Waals surface area contributed by atoms with Crippen molar-refractivity contribution in [2.45, 2.75) is 37.5 Å². The van der Waals surface area contributed by atoms with Crippen LogP contribution in [0.15, 0.2) is 58.0 Å². The van der Waals surface area contributed by atoms with Gasteiger partial charge in [0.1, 0.15) is 18.2 Å². The maximum atomic E-state index is 14.7. The molecule has 0 aliphatic heterocycles. The van der Waals surface area contributed by atoms with Crippen molar-refractivity contribution < 1.29 is 17.4 Å². The zero-order valence-corrected chi connectivity index (χ0v) is 20.4. The second-order valence-electron chi connectivity index (χ2n) is 8.15. The van der Waals surface area contributed by atoms with E-state index >= 15 is 0 Å². The molecule has 0 spiro atoms. The number of hydrogen-bond acceptors (Lipinski definition) is 7. The van der Waals surface area contributed by atoms with Crippen molar-refractivity contribution in [3.8, 4) is 34.3 Å². The molecule has 2 aromatic carbocycles. The van der Waals surface area contributed by atoms with Crippen LogP contribution in [-0.2, 0) is 17.3 Å². The maximum Gasteiger partial charge on any atom is 0.268 e. The Morgan fingerprint density at radius 3 is 2.51 bits per heavy atom.